The summed E-state index contributed by atoms with van der Waals surface area (Å²) in [6, 6.07) is 1.89. The number of hydrogen-bond donors (Lipinski definition) is 1. The molecular formula is C10H13ClN2O. The number of pyridine rings is 1. The second-order valence-corrected chi connectivity index (χ2v) is 3.98. The van der Waals surface area contributed by atoms with Gasteiger partial charge in [0.15, 0.2) is 0 Å². The van der Waals surface area contributed by atoms with Crippen molar-refractivity contribution in [2.45, 2.75) is 18.9 Å². The fourth-order valence-corrected chi connectivity index (χ4v) is 2.04. The fourth-order valence-electron chi connectivity index (χ4n) is 1.80. The Hall–Kier alpha value is -0.800. The van der Waals surface area contributed by atoms with Gasteiger partial charge in [-0.1, -0.05) is 11.6 Å². The Balaban J connectivity index is 2.18. The van der Waals surface area contributed by atoms with Gasteiger partial charge in [0.25, 0.3) is 0 Å². The van der Waals surface area contributed by atoms with E-state index in [4.69, 9.17) is 11.6 Å². The summed E-state index contributed by atoms with van der Waals surface area (Å²) in [7, 11) is 0. The van der Waals surface area contributed by atoms with Gasteiger partial charge in [-0.05, 0) is 18.9 Å². The molecule has 0 aliphatic carbocycles. The minimum atomic E-state index is -0.229. The molecule has 2 rings (SSSR count). The highest BCUT2D eigenvalue weighted by Crippen LogP contribution is 2.26. The van der Waals surface area contributed by atoms with Crippen molar-refractivity contribution in [3.05, 3.63) is 23.5 Å². The van der Waals surface area contributed by atoms with Crippen LogP contribution >= 0.6 is 11.6 Å². The first-order chi connectivity index (χ1) is 6.77. The summed E-state index contributed by atoms with van der Waals surface area (Å²) in [6.07, 6.45) is 5.03. The van der Waals surface area contributed by atoms with Crippen LogP contribution in [0.15, 0.2) is 18.5 Å². The van der Waals surface area contributed by atoms with Gasteiger partial charge in [0.1, 0.15) is 0 Å². The largest absolute Gasteiger partial charge is 0.391 e. The van der Waals surface area contributed by atoms with E-state index < -0.39 is 0 Å². The molecule has 1 atom stereocenters. The summed E-state index contributed by atoms with van der Waals surface area (Å²) >= 11 is 6.02. The third-order valence-electron chi connectivity index (χ3n) is 2.49. The molecule has 76 valence electrons. The standard InChI is InChI=1S/C10H13ClN2O/c11-9-6-12-4-3-10(9)13-5-1-2-8(14)7-13/h3-4,6,8,14H,1-2,5,7H2/t8-/m0/s1. The lowest BCUT2D eigenvalue weighted by Crippen LogP contribution is -2.38. The molecule has 0 aromatic carbocycles. The monoisotopic (exact) mass is 212 g/mol. The number of hydrogen-bond acceptors (Lipinski definition) is 3. The van der Waals surface area contributed by atoms with E-state index in [0.717, 1.165) is 25.1 Å². The maximum atomic E-state index is 9.53. The molecule has 0 amide bonds. The summed E-state index contributed by atoms with van der Waals surface area (Å²) in [5.41, 5.74) is 0.973. The second-order valence-electron chi connectivity index (χ2n) is 3.57. The van der Waals surface area contributed by atoms with Gasteiger partial charge in [0, 0.05) is 25.5 Å². The van der Waals surface area contributed by atoms with Gasteiger partial charge in [-0.2, -0.15) is 0 Å². The van der Waals surface area contributed by atoms with Crippen molar-refractivity contribution in [1.82, 2.24) is 4.98 Å². The van der Waals surface area contributed by atoms with Gasteiger partial charge in [0.05, 0.1) is 16.8 Å². The third-order valence-corrected chi connectivity index (χ3v) is 2.78. The molecular weight excluding hydrogens is 200 g/mol. The molecule has 1 N–H and O–H groups in total. The van der Waals surface area contributed by atoms with E-state index in [1.807, 2.05) is 6.07 Å². The van der Waals surface area contributed by atoms with E-state index in [-0.39, 0.29) is 6.10 Å². The molecule has 0 saturated carbocycles. The van der Waals surface area contributed by atoms with Crippen LogP contribution in [0.3, 0.4) is 0 Å². The van der Waals surface area contributed by atoms with Crippen LogP contribution in [0.1, 0.15) is 12.8 Å². The van der Waals surface area contributed by atoms with Gasteiger partial charge in [-0.25, -0.2) is 0 Å². The highest BCUT2D eigenvalue weighted by Gasteiger charge is 2.19. The lowest BCUT2D eigenvalue weighted by Gasteiger charge is -2.32. The van der Waals surface area contributed by atoms with Crippen LogP contribution < -0.4 is 4.90 Å². The lowest BCUT2D eigenvalue weighted by atomic mass is 10.1. The van der Waals surface area contributed by atoms with Crippen molar-refractivity contribution < 1.29 is 5.11 Å². The molecule has 1 aromatic rings. The van der Waals surface area contributed by atoms with Crippen LogP contribution in [-0.2, 0) is 0 Å². The van der Waals surface area contributed by atoms with Crippen LogP contribution in [0, 0.1) is 0 Å². The summed E-state index contributed by atoms with van der Waals surface area (Å²) < 4.78 is 0. The Morgan fingerprint density at radius 3 is 3.14 bits per heavy atom. The van der Waals surface area contributed by atoms with E-state index in [2.05, 4.69) is 9.88 Å². The van der Waals surface area contributed by atoms with Crippen molar-refractivity contribution in [2.24, 2.45) is 0 Å². The van der Waals surface area contributed by atoms with Gasteiger partial charge in [0.2, 0.25) is 0 Å². The minimum absolute atomic E-state index is 0.229. The average molecular weight is 213 g/mol. The molecule has 1 aliphatic heterocycles. The maximum Gasteiger partial charge on any atom is 0.0822 e. The van der Waals surface area contributed by atoms with Crippen molar-refractivity contribution in [1.29, 1.82) is 0 Å². The molecule has 14 heavy (non-hydrogen) atoms. The van der Waals surface area contributed by atoms with Crippen LogP contribution in [-0.4, -0.2) is 29.3 Å². The maximum absolute atomic E-state index is 9.53. The molecule has 1 aliphatic rings. The van der Waals surface area contributed by atoms with Crippen LogP contribution in [0.4, 0.5) is 5.69 Å². The predicted molar refractivity (Wildman–Crippen MR) is 56.7 cm³/mol. The Bertz CT molecular complexity index is 319. The zero-order valence-electron chi connectivity index (χ0n) is 7.86. The highest BCUT2D eigenvalue weighted by molar-refractivity contribution is 6.33. The number of aliphatic hydroxyl groups excluding tert-OH is 1. The molecule has 1 aromatic heterocycles. The van der Waals surface area contributed by atoms with Crippen molar-refractivity contribution in [3.8, 4) is 0 Å². The van der Waals surface area contributed by atoms with Crippen molar-refractivity contribution in [2.75, 3.05) is 18.0 Å². The molecule has 4 heteroatoms. The van der Waals surface area contributed by atoms with Crippen LogP contribution in [0.25, 0.3) is 0 Å². The summed E-state index contributed by atoms with van der Waals surface area (Å²) in [5.74, 6) is 0. The molecule has 0 radical (unpaired) electrons. The van der Waals surface area contributed by atoms with Gasteiger partial charge < -0.3 is 10.0 Å². The van der Waals surface area contributed by atoms with E-state index in [9.17, 15) is 5.11 Å². The molecule has 0 spiro atoms. The zero-order chi connectivity index (χ0) is 9.97. The second kappa shape index (κ2) is 4.15. The normalized spacial score (nSPS) is 22.4. The first-order valence-electron chi connectivity index (χ1n) is 4.80. The fraction of sp³-hybridized carbons (Fsp3) is 0.500. The minimum Gasteiger partial charge on any atom is -0.391 e. The molecule has 1 fully saturated rings. The Kier molecular flexibility index (Phi) is 2.89. The molecule has 0 bridgehead atoms. The SMILES string of the molecule is O[C@H]1CCCN(c2ccncc2Cl)C1. The van der Waals surface area contributed by atoms with Crippen molar-refractivity contribution >= 4 is 17.3 Å². The number of nitrogens with zero attached hydrogens (tertiary/aromatic N) is 2. The van der Waals surface area contributed by atoms with Gasteiger partial charge in [-0.3, -0.25) is 4.98 Å². The topological polar surface area (TPSA) is 36.4 Å². The number of halogens is 1. The number of aliphatic hydroxyl groups is 1. The van der Waals surface area contributed by atoms with Crippen LogP contribution in [0.5, 0.6) is 0 Å². The van der Waals surface area contributed by atoms with Crippen LogP contribution in [0.2, 0.25) is 5.02 Å². The first-order valence-corrected chi connectivity index (χ1v) is 5.17. The van der Waals surface area contributed by atoms with E-state index in [0.29, 0.717) is 11.6 Å². The third kappa shape index (κ3) is 1.99. The number of aromatic nitrogens is 1. The van der Waals surface area contributed by atoms with E-state index >= 15 is 0 Å². The predicted octanol–water partition coefficient (Wildman–Crippen LogP) is 1.70. The van der Waals surface area contributed by atoms with E-state index in [1.54, 1.807) is 12.4 Å². The molecule has 1 saturated heterocycles. The average Bonchev–Trinajstić information content (AvgIpc) is 2.18. The smallest absolute Gasteiger partial charge is 0.0822 e. The van der Waals surface area contributed by atoms with E-state index in [1.165, 1.54) is 0 Å². The molecule has 3 nitrogen and oxygen atoms in total. The molecule has 0 unspecified atom stereocenters. The summed E-state index contributed by atoms with van der Waals surface area (Å²) in [4.78, 5) is 6.05. The number of piperidine rings is 1. The zero-order valence-corrected chi connectivity index (χ0v) is 8.61. The summed E-state index contributed by atoms with van der Waals surface area (Å²) in [5, 5.41) is 10.2. The Labute approximate surface area is 88.3 Å². The lowest BCUT2D eigenvalue weighted by molar-refractivity contribution is 0.154. The van der Waals surface area contributed by atoms with Crippen molar-refractivity contribution in [3.63, 3.8) is 0 Å². The highest BCUT2D eigenvalue weighted by atomic mass is 35.5. The number of anilines is 1. The van der Waals surface area contributed by atoms with Gasteiger partial charge in [-0.15, -0.1) is 0 Å². The first kappa shape index (κ1) is 9.74. The number of rotatable bonds is 1. The number of β-amino-alcohol motifs (C(OH)–C–C–N with tert-alkyl or cyclic N) is 1. The Morgan fingerprint density at radius 1 is 1.57 bits per heavy atom. The van der Waals surface area contributed by atoms with Gasteiger partial charge >= 0.3 is 0 Å². The Morgan fingerprint density at radius 2 is 2.43 bits per heavy atom. The molecule has 2 heterocycles. The summed E-state index contributed by atoms with van der Waals surface area (Å²) in [6.45, 7) is 1.63. The quantitative estimate of drug-likeness (QED) is 0.770.